The molecule has 62 valence electrons. The number of allylic oxidation sites excluding steroid dienone is 1. The second-order valence-electron chi connectivity index (χ2n) is 2.80. The van der Waals surface area contributed by atoms with Crippen molar-refractivity contribution in [3.8, 4) is 0 Å². The second kappa shape index (κ2) is 2.94. The molecule has 0 N–H and O–H groups in total. The van der Waals surface area contributed by atoms with Gasteiger partial charge in [-0.15, -0.1) is 0 Å². The van der Waals surface area contributed by atoms with E-state index < -0.39 is 0 Å². The van der Waals surface area contributed by atoms with Crippen LogP contribution in [0.5, 0.6) is 0 Å². The first-order chi connectivity index (χ1) is 5.81. The van der Waals surface area contributed by atoms with Crippen molar-refractivity contribution in [2.24, 2.45) is 0 Å². The summed E-state index contributed by atoms with van der Waals surface area (Å²) in [5.74, 6) is 1.04. The molecule has 1 aromatic rings. The molecular weight excluding hydrogens is 216 g/mol. The summed E-state index contributed by atoms with van der Waals surface area (Å²) in [6, 6.07) is 6.23. The van der Waals surface area contributed by atoms with Crippen molar-refractivity contribution in [2.75, 3.05) is 7.11 Å². The third kappa shape index (κ3) is 1.16. The van der Waals surface area contributed by atoms with Gasteiger partial charge in [0.1, 0.15) is 5.76 Å². The van der Waals surface area contributed by atoms with E-state index >= 15 is 0 Å². The quantitative estimate of drug-likeness (QED) is 0.713. The van der Waals surface area contributed by atoms with Crippen LogP contribution in [-0.2, 0) is 11.2 Å². The van der Waals surface area contributed by atoms with Crippen molar-refractivity contribution in [3.05, 3.63) is 39.6 Å². The fraction of sp³-hybridized carbons (Fsp3) is 0.200. The van der Waals surface area contributed by atoms with Crippen molar-refractivity contribution < 1.29 is 4.74 Å². The average Bonchev–Trinajstić information content (AvgIpc) is 2.49. The van der Waals surface area contributed by atoms with Crippen LogP contribution in [0.4, 0.5) is 0 Å². The predicted octanol–water partition coefficient (Wildman–Crippen LogP) is 2.99. The lowest BCUT2D eigenvalue weighted by Crippen LogP contribution is -1.85. The summed E-state index contributed by atoms with van der Waals surface area (Å²) in [5, 5.41) is 0. The second-order valence-corrected chi connectivity index (χ2v) is 3.66. The standard InChI is InChI=1S/C10H9BrO/c1-12-8-5-7-3-2-4-10(11)9(7)6-8/h2-4,6H,5H2,1H3. The van der Waals surface area contributed by atoms with Gasteiger partial charge in [-0.25, -0.2) is 0 Å². The molecule has 0 atom stereocenters. The highest BCUT2D eigenvalue weighted by molar-refractivity contribution is 9.10. The summed E-state index contributed by atoms with van der Waals surface area (Å²) >= 11 is 3.50. The minimum atomic E-state index is 0.922. The molecule has 0 radical (unpaired) electrons. The van der Waals surface area contributed by atoms with E-state index in [1.165, 1.54) is 11.1 Å². The number of hydrogen-bond acceptors (Lipinski definition) is 1. The van der Waals surface area contributed by atoms with Crippen LogP contribution in [0.1, 0.15) is 11.1 Å². The third-order valence-corrected chi connectivity index (χ3v) is 2.77. The molecule has 1 aliphatic rings. The topological polar surface area (TPSA) is 9.23 Å². The molecule has 0 bridgehead atoms. The predicted molar refractivity (Wildman–Crippen MR) is 52.8 cm³/mol. The molecule has 0 saturated heterocycles. The number of fused-ring (bicyclic) bond motifs is 1. The Kier molecular flexibility index (Phi) is 1.93. The Bertz CT molecular complexity index is 342. The van der Waals surface area contributed by atoms with Crippen LogP contribution in [0.15, 0.2) is 28.4 Å². The van der Waals surface area contributed by atoms with Crippen LogP contribution in [0, 0.1) is 0 Å². The van der Waals surface area contributed by atoms with Gasteiger partial charge in [-0.3, -0.25) is 0 Å². The Hall–Kier alpha value is -0.760. The number of rotatable bonds is 1. The summed E-state index contributed by atoms with van der Waals surface area (Å²) in [4.78, 5) is 0. The van der Waals surface area contributed by atoms with E-state index in [2.05, 4.69) is 34.1 Å². The van der Waals surface area contributed by atoms with Gasteiger partial charge in [0, 0.05) is 10.9 Å². The minimum absolute atomic E-state index is 0.922. The molecule has 1 aliphatic carbocycles. The highest BCUT2D eigenvalue weighted by Gasteiger charge is 2.14. The molecule has 12 heavy (non-hydrogen) atoms. The molecule has 0 heterocycles. The molecule has 0 amide bonds. The van der Waals surface area contributed by atoms with Crippen LogP contribution >= 0.6 is 15.9 Å². The van der Waals surface area contributed by atoms with Crippen molar-refractivity contribution >= 4 is 22.0 Å². The zero-order valence-corrected chi connectivity index (χ0v) is 8.39. The zero-order valence-electron chi connectivity index (χ0n) is 6.80. The van der Waals surface area contributed by atoms with Gasteiger partial charge in [-0.05, 0) is 23.3 Å². The first-order valence-electron chi connectivity index (χ1n) is 3.83. The Balaban J connectivity index is 2.48. The fourth-order valence-corrected chi connectivity index (χ4v) is 1.95. The van der Waals surface area contributed by atoms with Crippen LogP contribution in [-0.4, -0.2) is 7.11 Å². The molecule has 1 aromatic carbocycles. The molecule has 0 spiro atoms. The van der Waals surface area contributed by atoms with Gasteiger partial charge in [0.05, 0.1) is 7.11 Å². The van der Waals surface area contributed by atoms with E-state index in [-0.39, 0.29) is 0 Å². The van der Waals surface area contributed by atoms with Crippen LogP contribution in [0.3, 0.4) is 0 Å². The molecule has 2 heteroatoms. The van der Waals surface area contributed by atoms with Crippen molar-refractivity contribution in [3.63, 3.8) is 0 Å². The smallest absolute Gasteiger partial charge is 0.101 e. The average molecular weight is 225 g/mol. The summed E-state index contributed by atoms with van der Waals surface area (Å²) < 4.78 is 6.33. The van der Waals surface area contributed by atoms with E-state index in [1.807, 2.05) is 6.07 Å². The molecule has 0 aliphatic heterocycles. The molecular formula is C10H9BrO. The number of ether oxygens (including phenoxy) is 1. The fourth-order valence-electron chi connectivity index (χ4n) is 1.43. The van der Waals surface area contributed by atoms with E-state index in [4.69, 9.17) is 4.74 Å². The number of methoxy groups -OCH3 is 1. The number of benzene rings is 1. The Morgan fingerprint density at radius 2 is 2.25 bits per heavy atom. The van der Waals surface area contributed by atoms with Gasteiger partial charge in [-0.2, -0.15) is 0 Å². The van der Waals surface area contributed by atoms with Crippen molar-refractivity contribution in [2.45, 2.75) is 6.42 Å². The Labute approximate surface area is 80.2 Å². The molecule has 0 fully saturated rings. The first kappa shape index (κ1) is 7.87. The highest BCUT2D eigenvalue weighted by atomic mass is 79.9. The lowest BCUT2D eigenvalue weighted by atomic mass is 10.1. The van der Waals surface area contributed by atoms with Crippen molar-refractivity contribution in [1.29, 1.82) is 0 Å². The van der Waals surface area contributed by atoms with Gasteiger partial charge < -0.3 is 4.74 Å². The third-order valence-electron chi connectivity index (χ3n) is 2.08. The maximum Gasteiger partial charge on any atom is 0.101 e. The Morgan fingerprint density at radius 3 is 2.92 bits per heavy atom. The van der Waals surface area contributed by atoms with Gasteiger partial charge in [-0.1, -0.05) is 28.1 Å². The van der Waals surface area contributed by atoms with Crippen LogP contribution in [0.25, 0.3) is 6.08 Å². The first-order valence-corrected chi connectivity index (χ1v) is 4.62. The number of halogens is 1. The van der Waals surface area contributed by atoms with Crippen molar-refractivity contribution in [1.82, 2.24) is 0 Å². The SMILES string of the molecule is COC1=Cc2c(Br)cccc2C1. The summed E-state index contributed by atoms with van der Waals surface area (Å²) in [7, 11) is 1.71. The van der Waals surface area contributed by atoms with Gasteiger partial charge in [0.25, 0.3) is 0 Å². The highest BCUT2D eigenvalue weighted by Crippen LogP contribution is 2.30. The van der Waals surface area contributed by atoms with Gasteiger partial charge >= 0.3 is 0 Å². The van der Waals surface area contributed by atoms with Gasteiger partial charge in [0.15, 0.2) is 0 Å². The van der Waals surface area contributed by atoms with Gasteiger partial charge in [0.2, 0.25) is 0 Å². The summed E-state index contributed by atoms with van der Waals surface area (Å²) in [5.41, 5.74) is 2.59. The molecule has 0 saturated carbocycles. The number of hydrogen-bond donors (Lipinski definition) is 0. The lowest BCUT2D eigenvalue weighted by molar-refractivity contribution is 0.289. The normalized spacial score (nSPS) is 14.0. The molecule has 2 rings (SSSR count). The molecule has 1 nitrogen and oxygen atoms in total. The summed E-state index contributed by atoms with van der Waals surface area (Å²) in [6.45, 7) is 0. The van der Waals surface area contributed by atoms with E-state index in [0.717, 1.165) is 16.7 Å². The van der Waals surface area contributed by atoms with E-state index in [1.54, 1.807) is 7.11 Å². The maximum absolute atomic E-state index is 5.19. The van der Waals surface area contributed by atoms with Crippen LogP contribution in [0.2, 0.25) is 0 Å². The monoisotopic (exact) mass is 224 g/mol. The minimum Gasteiger partial charge on any atom is -0.501 e. The van der Waals surface area contributed by atoms with E-state index in [9.17, 15) is 0 Å². The molecule has 0 unspecified atom stereocenters. The molecule has 0 aromatic heterocycles. The summed E-state index contributed by atoms with van der Waals surface area (Å²) in [6.07, 6.45) is 3.00. The van der Waals surface area contributed by atoms with E-state index in [0.29, 0.717) is 0 Å². The van der Waals surface area contributed by atoms with Crippen LogP contribution < -0.4 is 0 Å². The maximum atomic E-state index is 5.19. The Morgan fingerprint density at radius 1 is 1.42 bits per heavy atom. The lowest BCUT2D eigenvalue weighted by Gasteiger charge is -1.99. The largest absolute Gasteiger partial charge is 0.501 e. The zero-order chi connectivity index (χ0) is 8.55.